The molecule has 2 atom stereocenters. The van der Waals surface area contributed by atoms with Gasteiger partial charge in [-0.3, -0.25) is 4.79 Å². The molecule has 1 saturated carbocycles. The molecular formula is C13H13Cl2F3N2O. The minimum absolute atomic E-state index is 0.0358. The minimum atomic E-state index is -4.31. The summed E-state index contributed by atoms with van der Waals surface area (Å²) in [7, 11) is 0. The maximum absolute atomic E-state index is 13.0. The second kappa shape index (κ2) is 6.40. The van der Waals surface area contributed by atoms with Crippen molar-refractivity contribution < 1.29 is 18.0 Å². The van der Waals surface area contributed by atoms with E-state index in [9.17, 15) is 18.0 Å². The predicted molar refractivity (Wildman–Crippen MR) is 73.5 cm³/mol. The van der Waals surface area contributed by atoms with Crippen LogP contribution in [0.1, 0.15) is 36.0 Å². The van der Waals surface area contributed by atoms with Crippen molar-refractivity contribution in [2.24, 2.45) is 5.92 Å². The molecule has 0 bridgehead atoms. The van der Waals surface area contributed by atoms with Crippen LogP contribution >= 0.6 is 23.2 Å². The number of carbonyl (C=O) groups excluding carboxylic acids is 1. The highest BCUT2D eigenvalue weighted by atomic mass is 35.5. The Morgan fingerprint density at radius 1 is 1.29 bits per heavy atom. The van der Waals surface area contributed by atoms with Gasteiger partial charge >= 0.3 is 6.18 Å². The summed E-state index contributed by atoms with van der Waals surface area (Å²) in [6.07, 6.45) is -1.59. The normalized spacial score (nSPS) is 22.9. The number of alkyl halides is 3. The fourth-order valence-corrected chi connectivity index (χ4v) is 2.76. The molecule has 1 aromatic rings. The molecule has 1 aliphatic carbocycles. The summed E-state index contributed by atoms with van der Waals surface area (Å²) in [6.45, 7) is 0. The highest BCUT2D eigenvalue weighted by molar-refractivity contribution is 6.41. The number of amides is 1. The van der Waals surface area contributed by atoms with E-state index in [1.165, 1.54) is 12.3 Å². The van der Waals surface area contributed by atoms with Crippen LogP contribution in [0.4, 0.5) is 13.2 Å². The summed E-state index contributed by atoms with van der Waals surface area (Å²) in [4.78, 5) is 15.7. The monoisotopic (exact) mass is 340 g/mol. The molecule has 0 spiro atoms. The van der Waals surface area contributed by atoms with E-state index in [1.807, 2.05) is 0 Å². The molecule has 21 heavy (non-hydrogen) atoms. The van der Waals surface area contributed by atoms with Crippen molar-refractivity contribution in [3.63, 3.8) is 0 Å². The molecule has 0 radical (unpaired) electrons. The number of rotatable bonds is 2. The van der Waals surface area contributed by atoms with E-state index in [0.29, 0.717) is 19.3 Å². The fraction of sp³-hybridized carbons (Fsp3) is 0.538. The number of halogens is 5. The van der Waals surface area contributed by atoms with Crippen molar-refractivity contribution in [3.05, 3.63) is 28.0 Å². The van der Waals surface area contributed by atoms with Crippen LogP contribution in [0.3, 0.4) is 0 Å². The Labute approximate surface area is 129 Å². The number of carbonyl (C=O) groups is 1. The van der Waals surface area contributed by atoms with Crippen molar-refractivity contribution in [1.82, 2.24) is 10.3 Å². The van der Waals surface area contributed by atoms with Crippen molar-refractivity contribution in [1.29, 1.82) is 0 Å². The highest BCUT2D eigenvalue weighted by Gasteiger charge is 2.46. The first kappa shape index (κ1) is 16.4. The van der Waals surface area contributed by atoms with Crippen LogP contribution in [0.15, 0.2) is 12.3 Å². The zero-order valence-electron chi connectivity index (χ0n) is 10.9. The van der Waals surface area contributed by atoms with Crippen molar-refractivity contribution in [2.75, 3.05) is 0 Å². The summed E-state index contributed by atoms with van der Waals surface area (Å²) in [5.74, 6) is -2.13. The molecule has 116 valence electrons. The van der Waals surface area contributed by atoms with Gasteiger partial charge < -0.3 is 5.32 Å². The second-order valence-electron chi connectivity index (χ2n) is 5.01. The quantitative estimate of drug-likeness (QED) is 0.818. The summed E-state index contributed by atoms with van der Waals surface area (Å²) < 4.78 is 38.9. The lowest BCUT2D eigenvalue weighted by atomic mass is 9.84. The average Bonchev–Trinajstić information content (AvgIpc) is 2.41. The largest absolute Gasteiger partial charge is 0.393 e. The lowest BCUT2D eigenvalue weighted by Gasteiger charge is -2.33. The Balaban J connectivity index is 2.11. The molecule has 1 fully saturated rings. The number of aromatic nitrogens is 1. The first-order chi connectivity index (χ1) is 9.79. The molecule has 0 aliphatic heterocycles. The van der Waals surface area contributed by atoms with Gasteiger partial charge in [0.25, 0.3) is 5.91 Å². The zero-order chi connectivity index (χ0) is 15.6. The lowest BCUT2D eigenvalue weighted by molar-refractivity contribution is -0.187. The van der Waals surface area contributed by atoms with E-state index in [2.05, 4.69) is 10.3 Å². The number of nitrogens with one attached hydrogen (secondary N) is 1. The van der Waals surface area contributed by atoms with E-state index < -0.39 is 24.0 Å². The van der Waals surface area contributed by atoms with Crippen LogP contribution in [-0.2, 0) is 0 Å². The van der Waals surface area contributed by atoms with Gasteiger partial charge in [0, 0.05) is 12.2 Å². The first-order valence-electron chi connectivity index (χ1n) is 6.47. The standard InChI is InChI=1S/C13H13Cl2F3N2O/c14-9-5-7(6-19-11(9)15)12(21)20-10-4-2-1-3-8(10)13(16,17)18/h5-6,8,10H,1-4H2,(H,20,21). The van der Waals surface area contributed by atoms with E-state index in [0.717, 1.165) is 0 Å². The van der Waals surface area contributed by atoms with E-state index in [4.69, 9.17) is 23.2 Å². The van der Waals surface area contributed by atoms with Crippen molar-refractivity contribution in [2.45, 2.75) is 37.9 Å². The summed E-state index contributed by atoms with van der Waals surface area (Å²) in [6, 6.07) is 0.373. The summed E-state index contributed by atoms with van der Waals surface area (Å²) in [5, 5.41) is 2.56. The van der Waals surface area contributed by atoms with Gasteiger partial charge in [0.05, 0.1) is 16.5 Å². The van der Waals surface area contributed by atoms with Gasteiger partial charge in [0.2, 0.25) is 0 Å². The Kier molecular flexibility index (Phi) is 4.99. The Hall–Kier alpha value is -1.01. The van der Waals surface area contributed by atoms with Crippen LogP contribution in [0.5, 0.6) is 0 Å². The molecule has 2 unspecified atom stereocenters. The minimum Gasteiger partial charge on any atom is -0.349 e. The zero-order valence-corrected chi connectivity index (χ0v) is 12.4. The third-order valence-corrected chi connectivity index (χ3v) is 4.25. The molecule has 1 N–H and O–H groups in total. The maximum atomic E-state index is 13.0. The molecule has 1 amide bonds. The number of hydrogen-bond donors (Lipinski definition) is 1. The van der Waals surface area contributed by atoms with Crippen LogP contribution in [0, 0.1) is 5.92 Å². The van der Waals surface area contributed by atoms with Crippen LogP contribution < -0.4 is 5.32 Å². The molecular weight excluding hydrogens is 328 g/mol. The van der Waals surface area contributed by atoms with Gasteiger partial charge in [0.1, 0.15) is 5.15 Å². The molecule has 0 aromatic carbocycles. The van der Waals surface area contributed by atoms with Crippen LogP contribution in [0.25, 0.3) is 0 Å². The van der Waals surface area contributed by atoms with Gasteiger partial charge in [-0.15, -0.1) is 0 Å². The highest BCUT2D eigenvalue weighted by Crippen LogP contribution is 2.37. The molecule has 8 heteroatoms. The van der Waals surface area contributed by atoms with E-state index >= 15 is 0 Å². The topological polar surface area (TPSA) is 42.0 Å². The smallest absolute Gasteiger partial charge is 0.349 e. The predicted octanol–water partition coefficient (Wildman–Crippen LogP) is 4.24. The van der Waals surface area contributed by atoms with Gasteiger partial charge in [-0.1, -0.05) is 36.0 Å². The Morgan fingerprint density at radius 2 is 1.95 bits per heavy atom. The molecule has 3 nitrogen and oxygen atoms in total. The number of pyridine rings is 1. The van der Waals surface area contributed by atoms with Gasteiger partial charge in [-0.05, 0) is 18.9 Å². The third kappa shape index (κ3) is 4.01. The molecule has 2 rings (SSSR count). The van der Waals surface area contributed by atoms with Gasteiger partial charge in [0.15, 0.2) is 0 Å². The summed E-state index contributed by atoms with van der Waals surface area (Å²) >= 11 is 11.4. The molecule has 0 saturated heterocycles. The molecule has 1 aromatic heterocycles. The van der Waals surface area contributed by atoms with Crippen LogP contribution in [-0.4, -0.2) is 23.1 Å². The van der Waals surface area contributed by atoms with Crippen molar-refractivity contribution >= 4 is 29.1 Å². The maximum Gasteiger partial charge on any atom is 0.393 e. The number of nitrogens with zero attached hydrogens (tertiary/aromatic N) is 1. The van der Waals surface area contributed by atoms with E-state index in [-0.39, 0.29) is 22.2 Å². The van der Waals surface area contributed by atoms with Crippen LogP contribution in [0.2, 0.25) is 10.2 Å². The first-order valence-corrected chi connectivity index (χ1v) is 7.23. The van der Waals surface area contributed by atoms with Gasteiger partial charge in [-0.2, -0.15) is 13.2 Å². The fourth-order valence-electron chi connectivity index (χ4n) is 2.49. The second-order valence-corrected chi connectivity index (χ2v) is 5.77. The molecule has 1 heterocycles. The SMILES string of the molecule is O=C(NC1CCCCC1C(F)(F)F)c1cnc(Cl)c(Cl)c1. The van der Waals surface area contributed by atoms with E-state index in [1.54, 1.807) is 0 Å². The Bertz CT molecular complexity index is 537. The Morgan fingerprint density at radius 3 is 2.57 bits per heavy atom. The molecule has 1 aliphatic rings. The number of hydrogen-bond acceptors (Lipinski definition) is 2. The average molecular weight is 341 g/mol. The lowest BCUT2D eigenvalue weighted by Crippen LogP contribution is -2.47. The summed E-state index contributed by atoms with van der Waals surface area (Å²) in [5.41, 5.74) is 0.0934. The van der Waals surface area contributed by atoms with Gasteiger partial charge in [-0.25, -0.2) is 4.98 Å². The van der Waals surface area contributed by atoms with Crippen molar-refractivity contribution in [3.8, 4) is 0 Å². The third-order valence-electron chi connectivity index (χ3n) is 3.56.